The topological polar surface area (TPSA) is 57.7 Å². The van der Waals surface area contributed by atoms with Crippen molar-refractivity contribution in [1.29, 1.82) is 0 Å². The first-order chi connectivity index (χ1) is 11.9. The molecule has 0 bridgehead atoms. The van der Waals surface area contributed by atoms with Gasteiger partial charge in [0.1, 0.15) is 5.82 Å². The number of imide groups is 2. The van der Waals surface area contributed by atoms with E-state index in [-0.39, 0.29) is 11.6 Å². The van der Waals surface area contributed by atoms with E-state index in [0.29, 0.717) is 5.56 Å². The molecular weight excluding hydrogens is 347 g/mol. The van der Waals surface area contributed by atoms with E-state index in [0.717, 1.165) is 21.4 Å². The number of rotatable bonds is 4. The van der Waals surface area contributed by atoms with Gasteiger partial charge in [0.2, 0.25) is 0 Å². The lowest BCUT2D eigenvalue weighted by atomic mass is 10.1. The van der Waals surface area contributed by atoms with Crippen LogP contribution in [0.3, 0.4) is 0 Å². The molecular formula is C18H14ClFN2O3. The zero-order valence-electron chi connectivity index (χ0n) is 13.3. The third-order valence-corrected chi connectivity index (χ3v) is 4.45. The van der Waals surface area contributed by atoms with E-state index in [2.05, 4.69) is 0 Å². The molecule has 1 saturated heterocycles. The summed E-state index contributed by atoms with van der Waals surface area (Å²) in [5, 5.41) is 0.0857. The highest BCUT2D eigenvalue weighted by molar-refractivity contribution is 6.44. The Morgan fingerprint density at radius 3 is 2.36 bits per heavy atom. The molecule has 4 amide bonds. The van der Waals surface area contributed by atoms with Crippen molar-refractivity contribution in [3.63, 3.8) is 0 Å². The summed E-state index contributed by atoms with van der Waals surface area (Å²) in [4.78, 5) is 38.9. The average molecular weight is 361 g/mol. The summed E-state index contributed by atoms with van der Waals surface area (Å²) < 4.78 is 13.1. The van der Waals surface area contributed by atoms with E-state index in [1.807, 2.05) is 6.07 Å². The van der Waals surface area contributed by atoms with Crippen LogP contribution in [0.5, 0.6) is 0 Å². The smallest absolute Gasteiger partial charge is 0.263 e. The number of halogens is 2. The van der Waals surface area contributed by atoms with Crippen molar-refractivity contribution in [3.8, 4) is 0 Å². The fraction of sp³-hybridized carbons (Fsp3) is 0.167. The van der Waals surface area contributed by atoms with Gasteiger partial charge in [-0.15, -0.1) is 0 Å². The second-order valence-electron chi connectivity index (χ2n) is 5.67. The molecule has 1 heterocycles. The number of benzene rings is 2. The first-order valence-corrected chi connectivity index (χ1v) is 7.96. The Morgan fingerprint density at radius 1 is 1.04 bits per heavy atom. The van der Waals surface area contributed by atoms with Gasteiger partial charge in [-0.1, -0.05) is 48.0 Å². The standard InChI is InChI=1S/C18H14ClFN2O3/c1-11(12-5-3-2-4-6-12)22-17(24)16(23)21(18(22)25)10-13-7-8-14(20)9-15(13)19/h2-9,11H,10H2,1H3. The summed E-state index contributed by atoms with van der Waals surface area (Å²) in [6.07, 6.45) is 0. The molecule has 0 radical (unpaired) electrons. The summed E-state index contributed by atoms with van der Waals surface area (Å²) in [6.45, 7) is 1.48. The zero-order valence-corrected chi connectivity index (χ0v) is 14.0. The number of carbonyl (C=O) groups excluding carboxylic acids is 3. The van der Waals surface area contributed by atoms with Gasteiger partial charge in [-0.2, -0.15) is 0 Å². The molecule has 3 rings (SSSR count). The maximum Gasteiger partial charge on any atom is 0.335 e. The minimum Gasteiger partial charge on any atom is -0.263 e. The Kier molecular flexibility index (Phi) is 4.55. The predicted octanol–water partition coefficient (Wildman–Crippen LogP) is 3.53. The predicted molar refractivity (Wildman–Crippen MR) is 89.1 cm³/mol. The molecule has 25 heavy (non-hydrogen) atoms. The summed E-state index contributed by atoms with van der Waals surface area (Å²) >= 11 is 5.95. The largest absolute Gasteiger partial charge is 0.335 e. The zero-order chi connectivity index (χ0) is 18.1. The highest BCUT2D eigenvalue weighted by Crippen LogP contribution is 2.28. The molecule has 1 aliphatic rings. The lowest BCUT2D eigenvalue weighted by molar-refractivity contribution is -0.144. The van der Waals surface area contributed by atoms with Gasteiger partial charge in [-0.3, -0.25) is 14.5 Å². The van der Waals surface area contributed by atoms with E-state index in [4.69, 9.17) is 11.6 Å². The van der Waals surface area contributed by atoms with Gasteiger partial charge in [0, 0.05) is 5.02 Å². The summed E-state index contributed by atoms with van der Waals surface area (Å²) in [5.41, 5.74) is 1.12. The normalized spacial score (nSPS) is 15.9. The van der Waals surface area contributed by atoms with Gasteiger partial charge in [-0.25, -0.2) is 14.1 Å². The number of hydrogen-bond donors (Lipinski definition) is 0. The van der Waals surface area contributed by atoms with Gasteiger partial charge < -0.3 is 0 Å². The number of nitrogens with zero attached hydrogens (tertiary/aromatic N) is 2. The van der Waals surface area contributed by atoms with Crippen LogP contribution in [-0.4, -0.2) is 27.6 Å². The number of amides is 4. The molecule has 2 aromatic rings. The highest BCUT2D eigenvalue weighted by Gasteiger charge is 2.46. The van der Waals surface area contributed by atoms with Crippen molar-refractivity contribution in [1.82, 2.24) is 9.80 Å². The molecule has 2 aromatic carbocycles. The minimum absolute atomic E-state index is 0.0857. The second kappa shape index (κ2) is 6.64. The number of carbonyl (C=O) groups is 3. The molecule has 0 N–H and O–H groups in total. The molecule has 1 aliphatic heterocycles. The fourth-order valence-electron chi connectivity index (χ4n) is 2.70. The molecule has 0 saturated carbocycles. The van der Waals surface area contributed by atoms with Gasteiger partial charge in [0.25, 0.3) is 0 Å². The number of urea groups is 1. The van der Waals surface area contributed by atoms with Crippen molar-refractivity contribution in [3.05, 3.63) is 70.5 Å². The van der Waals surface area contributed by atoms with Gasteiger partial charge in [0.05, 0.1) is 12.6 Å². The van der Waals surface area contributed by atoms with E-state index in [9.17, 15) is 18.8 Å². The maximum atomic E-state index is 13.1. The Bertz CT molecular complexity index is 857. The van der Waals surface area contributed by atoms with Crippen LogP contribution >= 0.6 is 11.6 Å². The third-order valence-electron chi connectivity index (χ3n) is 4.10. The fourth-order valence-corrected chi connectivity index (χ4v) is 2.93. The van der Waals surface area contributed by atoms with Gasteiger partial charge in [-0.05, 0) is 30.2 Å². The van der Waals surface area contributed by atoms with Crippen LogP contribution in [0.1, 0.15) is 24.1 Å². The lowest BCUT2D eigenvalue weighted by Gasteiger charge is -2.22. The third kappa shape index (κ3) is 3.13. The molecule has 1 atom stereocenters. The monoisotopic (exact) mass is 360 g/mol. The Hall–Kier alpha value is -2.73. The lowest BCUT2D eigenvalue weighted by Crippen LogP contribution is -2.35. The SMILES string of the molecule is CC(c1ccccc1)N1C(=O)C(=O)N(Cc2ccc(F)cc2Cl)C1=O. The van der Waals surface area contributed by atoms with Crippen molar-refractivity contribution in [2.24, 2.45) is 0 Å². The average Bonchev–Trinajstić information content (AvgIpc) is 2.81. The summed E-state index contributed by atoms with van der Waals surface area (Å²) in [6, 6.07) is 11.3. The molecule has 128 valence electrons. The van der Waals surface area contributed by atoms with Crippen molar-refractivity contribution in [2.75, 3.05) is 0 Å². The van der Waals surface area contributed by atoms with Crippen LogP contribution in [0.25, 0.3) is 0 Å². The summed E-state index contributed by atoms with van der Waals surface area (Å²) in [7, 11) is 0. The van der Waals surface area contributed by atoms with Crippen LogP contribution in [-0.2, 0) is 16.1 Å². The number of hydrogen-bond acceptors (Lipinski definition) is 3. The first-order valence-electron chi connectivity index (χ1n) is 7.58. The van der Waals surface area contributed by atoms with Gasteiger partial charge in [0.15, 0.2) is 0 Å². The quantitative estimate of drug-likeness (QED) is 0.619. The van der Waals surface area contributed by atoms with Crippen LogP contribution in [0.4, 0.5) is 9.18 Å². The van der Waals surface area contributed by atoms with E-state index in [1.165, 1.54) is 12.1 Å². The van der Waals surface area contributed by atoms with Crippen molar-refractivity contribution in [2.45, 2.75) is 19.5 Å². The second-order valence-corrected chi connectivity index (χ2v) is 6.08. The Labute approximate surface area is 148 Å². The van der Waals surface area contributed by atoms with Crippen LogP contribution in [0.15, 0.2) is 48.5 Å². The molecule has 0 spiro atoms. The first kappa shape index (κ1) is 17.1. The Morgan fingerprint density at radius 2 is 1.72 bits per heavy atom. The van der Waals surface area contributed by atoms with Crippen molar-refractivity contribution >= 4 is 29.4 Å². The molecule has 1 fully saturated rings. The summed E-state index contributed by atoms with van der Waals surface area (Å²) in [5.74, 6) is -2.34. The van der Waals surface area contributed by atoms with Gasteiger partial charge >= 0.3 is 17.8 Å². The van der Waals surface area contributed by atoms with E-state index >= 15 is 0 Å². The van der Waals surface area contributed by atoms with E-state index in [1.54, 1.807) is 31.2 Å². The molecule has 1 unspecified atom stereocenters. The van der Waals surface area contributed by atoms with Crippen LogP contribution < -0.4 is 0 Å². The molecule has 7 heteroatoms. The van der Waals surface area contributed by atoms with Crippen molar-refractivity contribution < 1.29 is 18.8 Å². The van der Waals surface area contributed by atoms with Crippen LogP contribution in [0.2, 0.25) is 5.02 Å². The van der Waals surface area contributed by atoms with Crippen LogP contribution in [0, 0.1) is 5.82 Å². The molecule has 0 aromatic heterocycles. The Balaban J connectivity index is 1.87. The highest BCUT2D eigenvalue weighted by atomic mass is 35.5. The van der Waals surface area contributed by atoms with E-state index < -0.39 is 29.7 Å². The molecule has 0 aliphatic carbocycles. The minimum atomic E-state index is -0.923. The maximum absolute atomic E-state index is 13.1. The molecule has 5 nitrogen and oxygen atoms in total.